The average molecular weight is 227 g/mol. The zero-order valence-corrected chi connectivity index (χ0v) is 10.2. The molecule has 1 heterocycles. The van der Waals surface area contributed by atoms with Gasteiger partial charge < -0.3 is 5.11 Å². The summed E-state index contributed by atoms with van der Waals surface area (Å²) in [6.45, 7) is 4.03. The van der Waals surface area contributed by atoms with Crippen molar-refractivity contribution in [3.05, 3.63) is 65.5 Å². The summed E-state index contributed by atoms with van der Waals surface area (Å²) >= 11 is 0. The quantitative estimate of drug-likeness (QED) is 0.873. The van der Waals surface area contributed by atoms with Crippen LogP contribution in [0.15, 0.2) is 48.7 Å². The van der Waals surface area contributed by atoms with Gasteiger partial charge in [-0.25, -0.2) is 0 Å². The van der Waals surface area contributed by atoms with Gasteiger partial charge in [0, 0.05) is 17.8 Å². The fourth-order valence-electron chi connectivity index (χ4n) is 1.86. The number of rotatable bonds is 3. The molecule has 2 aromatic rings. The first kappa shape index (κ1) is 11.8. The third-order valence-corrected chi connectivity index (χ3v) is 3.05. The van der Waals surface area contributed by atoms with Crippen molar-refractivity contribution < 1.29 is 5.11 Å². The van der Waals surface area contributed by atoms with Crippen LogP contribution in [0.25, 0.3) is 0 Å². The predicted molar refractivity (Wildman–Crippen MR) is 68.8 cm³/mol. The van der Waals surface area contributed by atoms with Crippen LogP contribution in [0.2, 0.25) is 0 Å². The summed E-state index contributed by atoms with van der Waals surface area (Å²) in [5.41, 5.74) is 3.06. The first-order chi connectivity index (χ1) is 8.18. The second kappa shape index (κ2) is 5.11. The smallest absolute Gasteiger partial charge is 0.0870 e. The van der Waals surface area contributed by atoms with Crippen molar-refractivity contribution in [2.45, 2.75) is 25.9 Å². The zero-order valence-electron chi connectivity index (χ0n) is 10.2. The molecule has 0 saturated heterocycles. The zero-order chi connectivity index (χ0) is 12.3. The van der Waals surface area contributed by atoms with E-state index in [2.05, 4.69) is 4.98 Å². The molecule has 2 heteroatoms. The van der Waals surface area contributed by atoms with Crippen molar-refractivity contribution in [2.24, 2.45) is 0 Å². The minimum absolute atomic E-state index is 0.00101. The molecule has 2 nitrogen and oxygen atoms in total. The summed E-state index contributed by atoms with van der Waals surface area (Å²) in [5.74, 6) is -0.00101. The van der Waals surface area contributed by atoms with Crippen molar-refractivity contribution in [1.29, 1.82) is 0 Å². The number of benzene rings is 1. The molecule has 88 valence electrons. The summed E-state index contributed by atoms with van der Waals surface area (Å²) in [5, 5.41) is 10.3. The molecule has 0 fully saturated rings. The molecule has 2 unspecified atom stereocenters. The Bertz CT molecular complexity index is 464. The van der Waals surface area contributed by atoms with E-state index in [1.165, 1.54) is 5.56 Å². The van der Waals surface area contributed by atoms with Gasteiger partial charge in [-0.15, -0.1) is 0 Å². The topological polar surface area (TPSA) is 33.1 Å². The van der Waals surface area contributed by atoms with Gasteiger partial charge in [-0.05, 0) is 24.6 Å². The molecule has 2 rings (SSSR count). The summed E-state index contributed by atoms with van der Waals surface area (Å²) < 4.78 is 0. The van der Waals surface area contributed by atoms with Crippen molar-refractivity contribution >= 4 is 0 Å². The second-order valence-corrected chi connectivity index (χ2v) is 4.40. The Labute approximate surface area is 102 Å². The Kier molecular flexibility index (Phi) is 3.55. The molecular formula is C15H17NO. The molecule has 0 aliphatic carbocycles. The van der Waals surface area contributed by atoms with E-state index in [4.69, 9.17) is 0 Å². The van der Waals surface area contributed by atoms with Crippen LogP contribution in [0.4, 0.5) is 0 Å². The maximum absolute atomic E-state index is 10.3. The number of hydrogen-bond donors (Lipinski definition) is 1. The molecule has 0 spiro atoms. The highest BCUT2D eigenvalue weighted by atomic mass is 16.3. The standard InChI is InChI=1S/C15H17NO/c1-11-6-8-13(9-7-11)15(17)12(2)14-5-3-4-10-16-14/h3-10,12,15,17H,1-2H3. The van der Waals surface area contributed by atoms with Gasteiger partial charge in [0.2, 0.25) is 0 Å². The number of hydrogen-bond acceptors (Lipinski definition) is 2. The molecule has 0 saturated carbocycles. The fourth-order valence-corrected chi connectivity index (χ4v) is 1.86. The minimum Gasteiger partial charge on any atom is -0.388 e. The third kappa shape index (κ3) is 2.71. The number of pyridine rings is 1. The van der Waals surface area contributed by atoms with E-state index in [9.17, 15) is 5.11 Å². The Morgan fingerprint density at radius 1 is 1.06 bits per heavy atom. The fraction of sp³-hybridized carbons (Fsp3) is 0.267. The number of aryl methyl sites for hydroxylation is 1. The Hall–Kier alpha value is -1.67. The number of aliphatic hydroxyl groups is 1. The van der Waals surface area contributed by atoms with Gasteiger partial charge in [0.1, 0.15) is 0 Å². The lowest BCUT2D eigenvalue weighted by molar-refractivity contribution is 0.150. The SMILES string of the molecule is Cc1ccc(C(O)C(C)c2ccccn2)cc1. The Morgan fingerprint density at radius 2 is 1.76 bits per heavy atom. The number of nitrogens with zero attached hydrogens (tertiary/aromatic N) is 1. The van der Waals surface area contributed by atoms with Gasteiger partial charge in [0.15, 0.2) is 0 Å². The van der Waals surface area contributed by atoms with Crippen LogP contribution in [0, 0.1) is 6.92 Å². The maximum Gasteiger partial charge on any atom is 0.0870 e. The van der Waals surface area contributed by atoms with Gasteiger partial charge in [-0.2, -0.15) is 0 Å². The first-order valence-corrected chi connectivity index (χ1v) is 5.84. The molecule has 1 N–H and O–H groups in total. The van der Waals surface area contributed by atoms with E-state index >= 15 is 0 Å². The summed E-state index contributed by atoms with van der Waals surface area (Å²) in [4.78, 5) is 4.28. The lowest BCUT2D eigenvalue weighted by Gasteiger charge is -2.18. The summed E-state index contributed by atoms with van der Waals surface area (Å²) in [6, 6.07) is 13.8. The summed E-state index contributed by atoms with van der Waals surface area (Å²) in [7, 11) is 0. The van der Waals surface area contributed by atoms with Gasteiger partial charge in [-0.1, -0.05) is 42.8 Å². The Morgan fingerprint density at radius 3 is 2.35 bits per heavy atom. The predicted octanol–water partition coefficient (Wildman–Crippen LogP) is 3.23. The van der Waals surface area contributed by atoms with E-state index in [1.807, 2.05) is 56.3 Å². The van der Waals surface area contributed by atoms with Crippen molar-refractivity contribution in [1.82, 2.24) is 4.98 Å². The number of aromatic nitrogens is 1. The van der Waals surface area contributed by atoms with Crippen LogP contribution < -0.4 is 0 Å². The Balaban J connectivity index is 2.20. The highest BCUT2D eigenvalue weighted by Crippen LogP contribution is 2.29. The van der Waals surface area contributed by atoms with Crippen molar-refractivity contribution in [3.8, 4) is 0 Å². The lowest BCUT2D eigenvalue weighted by atomic mass is 9.94. The molecule has 0 aliphatic heterocycles. The normalized spacial score (nSPS) is 14.3. The third-order valence-electron chi connectivity index (χ3n) is 3.05. The monoisotopic (exact) mass is 227 g/mol. The van der Waals surface area contributed by atoms with E-state index in [0.29, 0.717) is 0 Å². The van der Waals surface area contributed by atoms with Crippen molar-refractivity contribution in [2.75, 3.05) is 0 Å². The van der Waals surface area contributed by atoms with Crippen LogP contribution in [0.1, 0.15) is 35.8 Å². The minimum atomic E-state index is -0.509. The second-order valence-electron chi connectivity index (χ2n) is 4.40. The van der Waals surface area contributed by atoms with E-state index in [1.54, 1.807) is 6.20 Å². The van der Waals surface area contributed by atoms with Gasteiger partial charge in [-0.3, -0.25) is 4.98 Å². The van der Waals surface area contributed by atoms with E-state index < -0.39 is 6.10 Å². The molecule has 0 aliphatic rings. The first-order valence-electron chi connectivity index (χ1n) is 5.84. The summed E-state index contributed by atoms with van der Waals surface area (Å²) in [6.07, 6.45) is 1.25. The average Bonchev–Trinajstić information content (AvgIpc) is 2.39. The number of aliphatic hydroxyl groups excluding tert-OH is 1. The lowest BCUT2D eigenvalue weighted by Crippen LogP contribution is -2.08. The highest BCUT2D eigenvalue weighted by molar-refractivity contribution is 5.26. The molecule has 0 radical (unpaired) electrons. The van der Waals surface area contributed by atoms with Gasteiger partial charge >= 0.3 is 0 Å². The van der Waals surface area contributed by atoms with Crippen LogP contribution in [-0.4, -0.2) is 10.1 Å². The molecular weight excluding hydrogens is 210 g/mol. The van der Waals surface area contributed by atoms with E-state index in [0.717, 1.165) is 11.3 Å². The van der Waals surface area contributed by atoms with Crippen LogP contribution in [0.5, 0.6) is 0 Å². The molecule has 17 heavy (non-hydrogen) atoms. The van der Waals surface area contributed by atoms with Gasteiger partial charge in [0.05, 0.1) is 6.10 Å². The largest absolute Gasteiger partial charge is 0.388 e. The molecule has 1 aromatic heterocycles. The molecule has 1 aromatic carbocycles. The molecule has 0 amide bonds. The van der Waals surface area contributed by atoms with Crippen LogP contribution >= 0.6 is 0 Å². The molecule has 2 atom stereocenters. The van der Waals surface area contributed by atoms with E-state index in [-0.39, 0.29) is 5.92 Å². The van der Waals surface area contributed by atoms with Gasteiger partial charge in [0.25, 0.3) is 0 Å². The maximum atomic E-state index is 10.3. The molecule has 0 bridgehead atoms. The van der Waals surface area contributed by atoms with Crippen LogP contribution in [-0.2, 0) is 0 Å². The van der Waals surface area contributed by atoms with Crippen LogP contribution in [0.3, 0.4) is 0 Å². The highest BCUT2D eigenvalue weighted by Gasteiger charge is 2.18. The van der Waals surface area contributed by atoms with Crippen molar-refractivity contribution in [3.63, 3.8) is 0 Å².